The molecule has 0 heterocycles. The normalized spacial score (nSPS) is 16.4. The van der Waals surface area contributed by atoms with Crippen molar-refractivity contribution in [1.82, 2.24) is 5.32 Å². The molecule has 0 spiro atoms. The van der Waals surface area contributed by atoms with E-state index in [9.17, 15) is 0 Å². The second-order valence-electron chi connectivity index (χ2n) is 2.69. The maximum absolute atomic E-state index is 8.57. The van der Waals surface area contributed by atoms with E-state index in [4.69, 9.17) is 10.2 Å². The van der Waals surface area contributed by atoms with Crippen molar-refractivity contribution in [3.63, 3.8) is 0 Å². The fourth-order valence-corrected chi connectivity index (χ4v) is 0.555. The summed E-state index contributed by atoms with van der Waals surface area (Å²) in [5, 5.41) is 21.2. The van der Waals surface area contributed by atoms with Crippen LogP contribution >= 0.6 is 0 Å². The molecule has 0 aliphatic heterocycles. The van der Waals surface area contributed by atoms with Crippen LogP contribution in [-0.2, 0) is 0 Å². The van der Waals surface area contributed by atoms with E-state index in [-0.39, 0.29) is 25.0 Å². The zero-order chi connectivity index (χ0) is 8.69. The second-order valence-corrected chi connectivity index (χ2v) is 2.69. The van der Waals surface area contributed by atoms with Gasteiger partial charge in [0.25, 0.3) is 0 Å². The molecule has 2 N–H and O–H groups in total. The first-order valence-electron chi connectivity index (χ1n) is 3.71. The summed E-state index contributed by atoms with van der Waals surface area (Å²) in [6, 6.07) is 0. The van der Waals surface area contributed by atoms with Gasteiger partial charge in [0.15, 0.2) is 0 Å². The summed E-state index contributed by atoms with van der Waals surface area (Å²) in [7, 11) is 0. The van der Waals surface area contributed by atoms with E-state index in [2.05, 4.69) is 19.2 Å². The van der Waals surface area contributed by atoms with Gasteiger partial charge in [0.05, 0.1) is 0 Å². The van der Waals surface area contributed by atoms with Gasteiger partial charge in [-0.15, -0.1) is 0 Å². The average Bonchev–Trinajstić information content (AvgIpc) is 2.04. The molecule has 0 aliphatic rings. The topological polar surface area (TPSA) is 54.6 Å². The number of aliphatic hydroxyl groups is 2. The highest BCUT2D eigenvalue weighted by Gasteiger charge is 2.03. The molecule has 0 aromatic heterocycles. The molecular formula is C8H16NO2. The van der Waals surface area contributed by atoms with Crippen LogP contribution < -0.4 is 5.32 Å². The summed E-state index contributed by atoms with van der Waals surface area (Å²) in [6.07, 6.45) is 0. The summed E-state index contributed by atoms with van der Waals surface area (Å²) in [5.74, 6) is -0.0539. The maximum Gasteiger partial charge on any atom is 0.0472 e. The Balaban J connectivity index is 3.13. The molecule has 3 nitrogen and oxygen atoms in total. The third-order valence-electron chi connectivity index (χ3n) is 1.29. The first kappa shape index (κ1) is 10.9. The molecule has 0 fully saturated rings. The molecule has 2 unspecified atom stereocenters. The predicted octanol–water partition coefficient (Wildman–Crippen LogP) is -0.524. The lowest BCUT2D eigenvalue weighted by Crippen LogP contribution is -2.23. The number of rotatable bonds is 6. The molecule has 11 heavy (non-hydrogen) atoms. The molecule has 0 aliphatic carbocycles. The molecule has 0 saturated heterocycles. The van der Waals surface area contributed by atoms with Gasteiger partial charge in [0, 0.05) is 26.3 Å². The molecule has 0 bridgehead atoms. The molecule has 0 rings (SSSR count). The van der Waals surface area contributed by atoms with E-state index in [0.29, 0.717) is 13.1 Å². The average molecular weight is 158 g/mol. The molecular weight excluding hydrogens is 142 g/mol. The van der Waals surface area contributed by atoms with E-state index < -0.39 is 0 Å². The second kappa shape index (κ2) is 6.58. The van der Waals surface area contributed by atoms with Gasteiger partial charge >= 0.3 is 0 Å². The monoisotopic (exact) mass is 158 g/mol. The third kappa shape index (κ3) is 6.28. The zero-order valence-corrected chi connectivity index (χ0v) is 6.74. The van der Waals surface area contributed by atoms with Gasteiger partial charge in [-0.1, -0.05) is 0 Å². The molecule has 3 heteroatoms. The third-order valence-corrected chi connectivity index (χ3v) is 1.29. The first-order chi connectivity index (χ1) is 5.20. The van der Waals surface area contributed by atoms with Crippen LogP contribution in [0.25, 0.3) is 0 Å². The van der Waals surface area contributed by atoms with Crippen LogP contribution in [0.3, 0.4) is 0 Å². The van der Waals surface area contributed by atoms with Crippen molar-refractivity contribution < 1.29 is 10.2 Å². The Labute approximate surface area is 68.4 Å². The van der Waals surface area contributed by atoms with Crippen molar-refractivity contribution in [1.29, 1.82) is 0 Å². The van der Waals surface area contributed by atoms with Gasteiger partial charge in [0.1, 0.15) is 0 Å². The van der Waals surface area contributed by atoms with E-state index in [0.717, 1.165) is 0 Å². The van der Waals surface area contributed by atoms with Crippen LogP contribution in [0, 0.1) is 25.7 Å². The van der Waals surface area contributed by atoms with Crippen LogP contribution in [0.1, 0.15) is 0 Å². The molecule has 0 saturated carbocycles. The van der Waals surface area contributed by atoms with Crippen LogP contribution in [-0.4, -0.2) is 36.5 Å². The van der Waals surface area contributed by atoms with Crippen molar-refractivity contribution in [2.75, 3.05) is 26.3 Å². The molecule has 2 atom stereocenters. The van der Waals surface area contributed by atoms with Gasteiger partial charge in [0.2, 0.25) is 0 Å². The van der Waals surface area contributed by atoms with Crippen LogP contribution in [0.4, 0.5) is 0 Å². The zero-order valence-electron chi connectivity index (χ0n) is 6.74. The Hall–Kier alpha value is -0.120. The standard InChI is InChI=1S/C8H16NO2/c1-7(5-10)3-9-4-8(2)6-11/h7-8,10-11H,1-6H2. The van der Waals surface area contributed by atoms with Crippen molar-refractivity contribution >= 4 is 0 Å². The summed E-state index contributed by atoms with van der Waals surface area (Å²) < 4.78 is 0. The lowest BCUT2D eigenvalue weighted by atomic mass is 10.1. The molecule has 0 amide bonds. The van der Waals surface area contributed by atoms with Crippen LogP contribution in [0.2, 0.25) is 0 Å². The number of nitrogens with zero attached hydrogens (tertiary/aromatic N) is 1. The Bertz CT molecular complexity index is 78.2. The molecule has 0 aromatic rings. The van der Waals surface area contributed by atoms with E-state index >= 15 is 0 Å². The molecule has 3 radical (unpaired) electrons. The Kier molecular flexibility index (Phi) is 6.51. The summed E-state index contributed by atoms with van der Waals surface area (Å²) in [4.78, 5) is 0. The molecule has 65 valence electrons. The predicted molar refractivity (Wildman–Crippen MR) is 43.7 cm³/mol. The van der Waals surface area contributed by atoms with E-state index in [1.165, 1.54) is 0 Å². The minimum atomic E-state index is -0.0270. The Morgan fingerprint density at radius 3 is 1.64 bits per heavy atom. The fourth-order valence-electron chi connectivity index (χ4n) is 0.555. The quantitative estimate of drug-likeness (QED) is 0.546. The van der Waals surface area contributed by atoms with Crippen LogP contribution in [0.5, 0.6) is 0 Å². The number of hydrogen-bond donors (Lipinski definition) is 2. The number of aliphatic hydroxyl groups excluding tert-OH is 2. The van der Waals surface area contributed by atoms with Crippen molar-refractivity contribution in [3.8, 4) is 0 Å². The lowest BCUT2D eigenvalue weighted by molar-refractivity contribution is 0.231. The van der Waals surface area contributed by atoms with Gasteiger partial charge in [-0.3, -0.25) is 0 Å². The van der Waals surface area contributed by atoms with Crippen molar-refractivity contribution in [2.45, 2.75) is 0 Å². The fraction of sp³-hybridized carbons (Fsp3) is 0.750. The minimum Gasteiger partial charge on any atom is -0.396 e. The largest absolute Gasteiger partial charge is 0.396 e. The first-order valence-corrected chi connectivity index (χ1v) is 3.71. The van der Waals surface area contributed by atoms with E-state index in [1.807, 2.05) is 0 Å². The lowest BCUT2D eigenvalue weighted by Gasteiger charge is -2.10. The SMILES string of the molecule is [CH2]C(CO)C[N]CC([CH2])CO. The summed E-state index contributed by atoms with van der Waals surface area (Å²) in [5.41, 5.74) is 0. The van der Waals surface area contributed by atoms with Gasteiger partial charge in [-0.05, 0) is 25.7 Å². The highest BCUT2D eigenvalue weighted by atomic mass is 16.3. The van der Waals surface area contributed by atoms with Gasteiger partial charge in [-0.2, -0.15) is 0 Å². The van der Waals surface area contributed by atoms with Crippen LogP contribution in [0.15, 0.2) is 0 Å². The smallest absolute Gasteiger partial charge is 0.0472 e. The summed E-state index contributed by atoms with van der Waals surface area (Å²) >= 11 is 0. The highest BCUT2D eigenvalue weighted by Crippen LogP contribution is 1.93. The Morgan fingerprint density at radius 1 is 1.00 bits per heavy atom. The Morgan fingerprint density at radius 2 is 1.36 bits per heavy atom. The summed E-state index contributed by atoms with van der Waals surface area (Å²) in [6.45, 7) is 8.51. The van der Waals surface area contributed by atoms with Gasteiger partial charge in [-0.25, -0.2) is 5.32 Å². The van der Waals surface area contributed by atoms with E-state index in [1.54, 1.807) is 0 Å². The maximum atomic E-state index is 8.57. The van der Waals surface area contributed by atoms with Crippen molar-refractivity contribution in [3.05, 3.63) is 13.8 Å². The minimum absolute atomic E-state index is 0.0270. The van der Waals surface area contributed by atoms with Gasteiger partial charge < -0.3 is 10.2 Å². The highest BCUT2D eigenvalue weighted by molar-refractivity contribution is 4.66. The molecule has 0 aromatic carbocycles. The van der Waals surface area contributed by atoms with Crippen molar-refractivity contribution in [2.24, 2.45) is 11.8 Å². The number of hydrogen-bond acceptors (Lipinski definition) is 2.